The fraction of sp³-hybridized carbons (Fsp3) is 0.0588. The summed E-state index contributed by atoms with van der Waals surface area (Å²) in [4.78, 5) is 2.20. The number of benzene rings is 6. The van der Waals surface area contributed by atoms with Gasteiger partial charge in [-0.15, -0.1) is 0 Å². The largest absolute Gasteiger partial charge is 0.421 e. The van der Waals surface area contributed by atoms with Gasteiger partial charge < -0.3 is 13.3 Å². The molecule has 4 heteroatoms. The van der Waals surface area contributed by atoms with Gasteiger partial charge in [-0.1, -0.05) is 91.0 Å². The summed E-state index contributed by atoms with van der Waals surface area (Å²) >= 11 is 0. The first kappa shape index (κ1) is 22.7. The number of hydrogen-bond donors (Lipinski definition) is 0. The van der Waals surface area contributed by atoms with E-state index < -0.39 is 0 Å². The molecule has 7 aromatic rings. The Kier molecular flexibility index (Phi) is 5.46. The Morgan fingerprint density at radius 3 is 2.03 bits per heavy atom. The summed E-state index contributed by atoms with van der Waals surface area (Å²) in [5.41, 5.74) is 7.43. The van der Waals surface area contributed by atoms with E-state index in [-0.39, 0.29) is 8.67 Å². The molecule has 1 aromatic heterocycles. The van der Waals surface area contributed by atoms with E-state index in [1.165, 1.54) is 21.9 Å². The van der Waals surface area contributed by atoms with Crippen LogP contribution >= 0.6 is 8.67 Å². The van der Waals surface area contributed by atoms with Crippen molar-refractivity contribution in [3.05, 3.63) is 115 Å². The highest BCUT2D eigenvalue weighted by molar-refractivity contribution is 7.15. The second-order valence-corrected chi connectivity index (χ2v) is 10.4. The molecule has 7 rings (SSSR count). The van der Waals surface area contributed by atoms with Crippen LogP contribution in [-0.4, -0.2) is 14.1 Å². The van der Waals surface area contributed by atoms with E-state index in [9.17, 15) is 0 Å². The standard InChI is InChI=1S/C34H26NO2P/c1-35(2)30-20-25(22-11-5-3-6-12-22)19-29-28(30)21-27(23-13-7-4-8-14-23)34-33(29)32-26-16-10-9-15-24(26)17-18-31(32)36-38-37-34/h3-21,38H,1-2H3. The minimum Gasteiger partial charge on any atom is -0.421 e. The molecule has 0 N–H and O–H groups in total. The second kappa shape index (κ2) is 9.13. The van der Waals surface area contributed by atoms with Gasteiger partial charge in [-0.3, -0.25) is 0 Å². The quantitative estimate of drug-likeness (QED) is 0.236. The van der Waals surface area contributed by atoms with E-state index in [4.69, 9.17) is 8.39 Å². The van der Waals surface area contributed by atoms with Crippen molar-refractivity contribution in [2.75, 3.05) is 19.0 Å². The third-order valence-electron chi connectivity index (χ3n) is 7.30. The summed E-state index contributed by atoms with van der Waals surface area (Å²) in [5, 5.41) is 6.83. The molecule has 38 heavy (non-hydrogen) atoms. The smallest absolute Gasteiger partial charge is 0.201 e. The van der Waals surface area contributed by atoms with Crippen LogP contribution in [0.1, 0.15) is 0 Å². The molecule has 0 aliphatic carbocycles. The molecule has 1 heterocycles. The maximum absolute atomic E-state index is 6.51. The van der Waals surface area contributed by atoms with Gasteiger partial charge in [-0.05, 0) is 57.1 Å². The molecule has 3 nitrogen and oxygen atoms in total. The molecule has 0 spiro atoms. The molecule has 0 bridgehead atoms. The zero-order chi connectivity index (χ0) is 25.6. The third-order valence-corrected chi connectivity index (χ3v) is 7.89. The summed E-state index contributed by atoms with van der Waals surface area (Å²) in [6, 6.07) is 40.7. The van der Waals surface area contributed by atoms with Crippen molar-refractivity contribution in [2.45, 2.75) is 0 Å². The molecule has 0 fully saturated rings. The van der Waals surface area contributed by atoms with Gasteiger partial charge >= 0.3 is 0 Å². The number of hydrogen-bond acceptors (Lipinski definition) is 3. The van der Waals surface area contributed by atoms with Crippen LogP contribution < -0.4 is 4.90 Å². The van der Waals surface area contributed by atoms with E-state index in [0.29, 0.717) is 0 Å². The van der Waals surface area contributed by atoms with Crippen LogP contribution in [0.4, 0.5) is 5.69 Å². The zero-order valence-corrected chi connectivity index (χ0v) is 22.2. The molecule has 0 radical (unpaired) electrons. The molecular weight excluding hydrogens is 485 g/mol. The SMILES string of the molecule is CN(C)c1cc(-c2ccccc2)cc2c1cc(-c1ccccc1)c1o[pH]oc3ccc4ccccc4c3c12. The Balaban J connectivity index is 1.79. The van der Waals surface area contributed by atoms with Crippen LogP contribution in [0.3, 0.4) is 0 Å². The summed E-state index contributed by atoms with van der Waals surface area (Å²) < 4.78 is 12.8. The molecule has 0 saturated heterocycles. The average molecular weight is 512 g/mol. The minimum atomic E-state index is -0.135. The molecule has 0 aliphatic heterocycles. The van der Waals surface area contributed by atoms with Crippen molar-refractivity contribution in [3.8, 4) is 22.3 Å². The topological polar surface area (TPSA) is 29.5 Å². The Hall–Kier alpha value is -4.46. The monoisotopic (exact) mass is 511 g/mol. The van der Waals surface area contributed by atoms with E-state index in [1.807, 2.05) is 0 Å². The van der Waals surface area contributed by atoms with Crippen molar-refractivity contribution in [1.82, 2.24) is 0 Å². The van der Waals surface area contributed by atoms with Crippen molar-refractivity contribution >= 4 is 57.8 Å². The Labute approximate surface area is 222 Å². The predicted molar refractivity (Wildman–Crippen MR) is 163 cm³/mol. The summed E-state index contributed by atoms with van der Waals surface area (Å²) in [6.45, 7) is 0. The van der Waals surface area contributed by atoms with Gasteiger partial charge in [0, 0.05) is 41.5 Å². The number of rotatable bonds is 3. The molecule has 1 unspecified atom stereocenters. The normalized spacial score (nSPS) is 11.6. The predicted octanol–water partition coefficient (Wildman–Crippen LogP) is 10.0. The molecule has 0 amide bonds. The summed E-state index contributed by atoms with van der Waals surface area (Å²) in [7, 11) is 4.09. The van der Waals surface area contributed by atoms with Gasteiger partial charge in [0.15, 0.2) is 0 Å². The fourth-order valence-electron chi connectivity index (χ4n) is 5.52. The Morgan fingerprint density at radius 1 is 0.553 bits per heavy atom. The first-order valence-electron chi connectivity index (χ1n) is 12.7. The number of nitrogens with zero attached hydrogens (tertiary/aromatic N) is 1. The van der Waals surface area contributed by atoms with Crippen LogP contribution in [0.25, 0.3) is 65.7 Å². The molecule has 6 aromatic carbocycles. The van der Waals surface area contributed by atoms with Crippen molar-refractivity contribution in [3.63, 3.8) is 0 Å². The second-order valence-electron chi connectivity index (χ2n) is 9.79. The number of fused-ring (bicyclic) bond motifs is 7. The summed E-state index contributed by atoms with van der Waals surface area (Å²) in [5.74, 6) is 0. The van der Waals surface area contributed by atoms with Crippen molar-refractivity contribution in [1.29, 1.82) is 0 Å². The fourth-order valence-corrected chi connectivity index (χ4v) is 6.12. The van der Waals surface area contributed by atoms with Crippen molar-refractivity contribution in [2.24, 2.45) is 0 Å². The lowest BCUT2D eigenvalue weighted by Gasteiger charge is -2.20. The van der Waals surface area contributed by atoms with E-state index in [2.05, 4.69) is 134 Å². The van der Waals surface area contributed by atoms with Gasteiger partial charge in [0.2, 0.25) is 8.67 Å². The van der Waals surface area contributed by atoms with E-state index >= 15 is 0 Å². The number of anilines is 1. The van der Waals surface area contributed by atoms with E-state index in [1.54, 1.807) is 0 Å². The van der Waals surface area contributed by atoms with Crippen LogP contribution in [0, 0.1) is 0 Å². The van der Waals surface area contributed by atoms with Gasteiger partial charge in [-0.25, -0.2) is 0 Å². The highest BCUT2D eigenvalue weighted by Crippen LogP contribution is 2.45. The van der Waals surface area contributed by atoms with Crippen LogP contribution in [0.2, 0.25) is 0 Å². The average Bonchev–Trinajstić information content (AvgIpc) is 3.17. The Morgan fingerprint density at radius 2 is 1.26 bits per heavy atom. The zero-order valence-electron chi connectivity index (χ0n) is 21.2. The van der Waals surface area contributed by atoms with Gasteiger partial charge in [0.25, 0.3) is 0 Å². The molecule has 1 atom stereocenters. The Bertz CT molecular complexity index is 1990. The maximum atomic E-state index is 6.51. The molecule has 0 aliphatic rings. The van der Waals surface area contributed by atoms with Gasteiger partial charge in [0.1, 0.15) is 11.2 Å². The van der Waals surface area contributed by atoms with Crippen LogP contribution in [0.5, 0.6) is 0 Å². The first-order chi connectivity index (χ1) is 18.7. The van der Waals surface area contributed by atoms with Gasteiger partial charge in [-0.2, -0.15) is 0 Å². The highest BCUT2D eigenvalue weighted by Gasteiger charge is 2.19. The first-order valence-corrected chi connectivity index (χ1v) is 13.5. The molecule has 0 saturated carbocycles. The molecule has 184 valence electrons. The lowest BCUT2D eigenvalue weighted by molar-refractivity contribution is 0.663. The van der Waals surface area contributed by atoms with Gasteiger partial charge in [0.05, 0.1) is 0 Å². The lowest BCUT2D eigenvalue weighted by Crippen LogP contribution is -2.09. The third kappa shape index (κ3) is 3.67. The summed E-state index contributed by atoms with van der Waals surface area (Å²) in [6.07, 6.45) is 0. The highest BCUT2D eigenvalue weighted by atomic mass is 31.1. The van der Waals surface area contributed by atoms with Crippen molar-refractivity contribution < 1.29 is 8.39 Å². The lowest BCUT2D eigenvalue weighted by atomic mass is 9.91. The maximum Gasteiger partial charge on any atom is 0.201 e. The minimum absolute atomic E-state index is 0.135. The van der Waals surface area contributed by atoms with Crippen LogP contribution in [-0.2, 0) is 0 Å². The van der Waals surface area contributed by atoms with E-state index in [0.717, 1.165) is 49.5 Å². The van der Waals surface area contributed by atoms with Crippen LogP contribution in [0.15, 0.2) is 124 Å². The molecular formula is C34H26NO2P.